The van der Waals surface area contributed by atoms with E-state index in [4.69, 9.17) is 0 Å². The van der Waals surface area contributed by atoms with Gasteiger partial charge in [0.05, 0.1) is 6.54 Å². The molecule has 0 aliphatic carbocycles. The molecule has 0 atom stereocenters. The summed E-state index contributed by atoms with van der Waals surface area (Å²) in [4.78, 5) is 14.8. The van der Waals surface area contributed by atoms with Crippen LogP contribution in [0.15, 0.2) is 54.6 Å². The number of carbonyl (C=O) groups is 1. The Morgan fingerprint density at radius 1 is 0.864 bits per heavy atom. The van der Waals surface area contributed by atoms with Crippen molar-refractivity contribution in [3.05, 3.63) is 60.2 Å². The molecule has 0 fully saturated rings. The Kier molecular flexibility index (Phi) is 4.21. The summed E-state index contributed by atoms with van der Waals surface area (Å²) >= 11 is 0. The van der Waals surface area contributed by atoms with Gasteiger partial charge in [0.25, 0.3) is 0 Å². The van der Waals surface area contributed by atoms with E-state index < -0.39 is 0 Å². The second-order valence-corrected chi connectivity index (χ2v) is 5.61. The molecular formula is C20H21NO. The zero-order valence-corrected chi connectivity index (χ0v) is 13.2. The first kappa shape index (κ1) is 14.7. The van der Waals surface area contributed by atoms with Crippen molar-refractivity contribution in [1.29, 1.82) is 0 Å². The Bertz CT molecular complexity index is 818. The highest BCUT2D eigenvalue weighted by Gasteiger charge is 2.13. The largest absolute Gasteiger partial charge is 0.296 e. The van der Waals surface area contributed by atoms with E-state index in [0.717, 1.165) is 29.4 Å². The van der Waals surface area contributed by atoms with Crippen LogP contribution in [0, 0.1) is 0 Å². The average Bonchev–Trinajstić information content (AvgIpc) is 2.57. The van der Waals surface area contributed by atoms with E-state index >= 15 is 0 Å². The monoisotopic (exact) mass is 291 g/mol. The molecule has 0 saturated carbocycles. The van der Waals surface area contributed by atoms with Crippen molar-refractivity contribution in [1.82, 2.24) is 4.90 Å². The van der Waals surface area contributed by atoms with Gasteiger partial charge < -0.3 is 0 Å². The minimum absolute atomic E-state index is 0.199. The summed E-state index contributed by atoms with van der Waals surface area (Å²) in [5, 5.41) is 4.57. The smallest absolute Gasteiger partial charge is 0.177 e. The molecule has 3 aromatic rings. The number of likely N-dealkylation sites (N-methyl/N-ethyl adjacent to an activating group) is 1. The summed E-state index contributed by atoms with van der Waals surface area (Å²) in [7, 11) is 0. The molecule has 2 nitrogen and oxygen atoms in total. The molecule has 3 rings (SSSR count). The lowest BCUT2D eigenvalue weighted by atomic mass is 9.97. The van der Waals surface area contributed by atoms with Crippen LogP contribution >= 0.6 is 0 Å². The van der Waals surface area contributed by atoms with E-state index in [1.54, 1.807) is 0 Å². The standard InChI is InChI=1S/C20H21NO/c1-3-21(4-2)14-20(22)18-11-7-10-17-12-15-8-5-6-9-16(15)13-19(17)18/h5-13H,3-4,14H2,1-2H3. The van der Waals surface area contributed by atoms with Crippen molar-refractivity contribution in [2.45, 2.75) is 13.8 Å². The minimum atomic E-state index is 0.199. The van der Waals surface area contributed by atoms with Crippen LogP contribution in [0.1, 0.15) is 24.2 Å². The molecule has 0 aliphatic rings. The van der Waals surface area contributed by atoms with Crippen LogP contribution in [-0.2, 0) is 0 Å². The van der Waals surface area contributed by atoms with Gasteiger partial charge in [0, 0.05) is 5.56 Å². The Morgan fingerprint density at radius 2 is 1.50 bits per heavy atom. The molecule has 0 heterocycles. The van der Waals surface area contributed by atoms with Crippen molar-refractivity contribution in [3.8, 4) is 0 Å². The fraction of sp³-hybridized carbons (Fsp3) is 0.250. The molecule has 112 valence electrons. The van der Waals surface area contributed by atoms with Gasteiger partial charge in [-0.2, -0.15) is 0 Å². The molecule has 0 bridgehead atoms. The lowest BCUT2D eigenvalue weighted by Gasteiger charge is -2.17. The zero-order chi connectivity index (χ0) is 15.5. The zero-order valence-electron chi connectivity index (χ0n) is 13.2. The number of carbonyl (C=O) groups excluding carboxylic acids is 1. The fourth-order valence-corrected chi connectivity index (χ4v) is 2.95. The topological polar surface area (TPSA) is 20.3 Å². The number of fused-ring (bicyclic) bond motifs is 2. The molecule has 0 aromatic heterocycles. The molecule has 2 heteroatoms. The second kappa shape index (κ2) is 6.29. The molecule has 0 N–H and O–H groups in total. The van der Waals surface area contributed by atoms with Crippen LogP contribution < -0.4 is 0 Å². The summed E-state index contributed by atoms with van der Waals surface area (Å²) in [6.45, 7) is 6.46. The fourth-order valence-electron chi connectivity index (χ4n) is 2.95. The number of rotatable bonds is 5. The third-order valence-electron chi connectivity index (χ3n) is 4.31. The number of hydrogen-bond donors (Lipinski definition) is 0. The Balaban J connectivity index is 2.09. The van der Waals surface area contributed by atoms with Gasteiger partial charge in [0.2, 0.25) is 0 Å². The second-order valence-electron chi connectivity index (χ2n) is 5.61. The summed E-state index contributed by atoms with van der Waals surface area (Å²) in [5.41, 5.74) is 0.829. The van der Waals surface area contributed by atoms with Crippen molar-refractivity contribution in [2.75, 3.05) is 19.6 Å². The van der Waals surface area contributed by atoms with Crippen molar-refractivity contribution < 1.29 is 4.79 Å². The van der Waals surface area contributed by atoms with Crippen LogP contribution in [0.25, 0.3) is 21.5 Å². The van der Waals surface area contributed by atoms with Gasteiger partial charge in [-0.15, -0.1) is 0 Å². The Hall–Kier alpha value is -2.19. The first-order valence-corrected chi connectivity index (χ1v) is 7.90. The van der Waals surface area contributed by atoms with Crippen molar-refractivity contribution in [3.63, 3.8) is 0 Å². The van der Waals surface area contributed by atoms with Crippen LogP contribution in [0.2, 0.25) is 0 Å². The van der Waals surface area contributed by atoms with Gasteiger partial charge in [-0.3, -0.25) is 9.69 Å². The van der Waals surface area contributed by atoms with Gasteiger partial charge in [-0.05, 0) is 46.8 Å². The van der Waals surface area contributed by atoms with E-state index in [2.05, 4.69) is 49.1 Å². The predicted molar refractivity (Wildman–Crippen MR) is 93.6 cm³/mol. The molecule has 0 aliphatic heterocycles. The van der Waals surface area contributed by atoms with Gasteiger partial charge in [-0.1, -0.05) is 56.3 Å². The highest BCUT2D eigenvalue weighted by Crippen LogP contribution is 2.26. The summed E-state index contributed by atoms with van der Waals surface area (Å²) in [5.74, 6) is 0.199. The van der Waals surface area contributed by atoms with Crippen LogP contribution in [0.4, 0.5) is 0 Å². The summed E-state index contributed by atoms with van der Waals surface area (Å²) in [6.07, 6.45) is 0. The number of benzene rings is 3. The SMILES string of the molecule is CCN(CC)CC(=O)c1cccc2cc3ccccc3cc12. The maximum absolute atomic E-state index is 12.7. The lowest BCUT2D eigenvalue weighted by molar-refractivity contribution is 0.0939. The van der Waals surface area contributed by atoms with Gasteiger partial charge >= 0.3 is 0 Å². The highest BCUT2D eigenvalue weighted by molar-refractivity contribution is 6.12. The number of Topliss-reactive ketones (excluding diaryl/α,β-unsaturated/α-hetero) is 1. The number of nitrogens with zero attached hydrogens (tertiary/aromatic N) is 1. The normalized spacial score (nSPS) is 11.4. The van der Waals surface area contributed by atoms with E-state index in [-0.39, 0.29) is 5.78 Å². The molecular weight excluding hydrogens is 270 g/mol. The van der Waals surface area contributed by atoms with E-state index in [9.17, 15) is 4.79 Å². The average molecular weight is 291 g/mol. The van der Waals surface area contributed by atoms with E-state index in [1.165, 1.54) is 10.8 Å². The molecule has 0 unspecified atom stereocenters. The van der Waals surface area contributed by atoms with Crippen molar-refractivity contribution >= 4 is 27.3 Å². The molecule has 0 spiro atoms. The lowest BCUT2D eigenvalue weighted by Crippen LogP contribution is -2.29. The van der Waals surface area contributed by atoms with Crippen LogP contribution in [0.3, 0.4) is 0 Å². The third-order valence-corrected chi connectivity index (χ3v) is 4.31. The maximum Gasteiger partial charge on any atom is 0.177 e. The molecule has 0 saturated heterocycles. The highest BCUT2D eigenvalue weighted by atomic mass is 16.1. The summed E-state index contributed by atoms with van der Waals surface area (Å²) in [6, 6.07) is 18.6. The van der Waals surface area contributed by atoms with Crippen LogP contribution in [0.5, 0.6) is 0 Å². The van der Waals surface area contributed by atoms with Gasteiger partial charge in [0.15, 0.2) is 5.78 Å². The quantitative estimate of drug-likeness (QED) is 0.509. The molecule has 3 aromatic carbocycles. The van der Waals surface area contributed by atoms with Gasteiger partial charge in [0.1, 0.15) is 0 Å². The molecule has 22 heavy (non-hydrogen) atoms. The summed E-state index contributed by atoms with van der Waals surface area (Å²) < 4.78 is 0. The van der Waals surface area contributed by atoms with Gasteiger partial charge in [-0.25, -0.2) is 0 Å². The van der Waals surface area contributed by atoms with Crippen molar-refractivity contribution in [2.24, 2.45) is 0 Å². The Labute approximate surface area is 131 Å². The predicted octanol–water partition coefficient (Wildman–Crippen LogP) is 4.52. The number of ketones is 1. The number of hydrogen-bond acceptors (Lipinski definition) is 2. The van der Waals surface area contributed by atoms with E-state index in [0.29, 0.717) is 6.54 Å². The van der Waals surface area contributed by atoms with E-state index in [1.807, 2.05) is 24.3 Å². The third kappa shape index (κ3) is 2.75. The minimum Gasteiger partial charge on any atom is -0.296 e. The first-order valence-electron chi connectivity index (χ1n) is 7.90. The molecule has 0 radical (unpaired) electrons. The molecule has 0 amide bonds. The Morgan fingerprint density at radius 3 is 2.18 bits per heavy atom. The first-order chi connectivity index (χ1) is 10.7. The van der Waals surface area contributed by atoms with Crippen LogP contribution in [-0.4, -0.2) is 30.3 Å². The maximum atomic E-state index is 12.7.